The maximum absolute atomic E-state index is 10.8. The van der Waals surface area contributed by atoms with Gasteiger partial charge in [-0.3, -0.25) is 0 Å². The molecule has 0 spiro atoms. The third-order valence-electron chi connectivity index (χ3n) is 1.79. The van der Waals surface area contributed by atoms with Gasteiger partial charge in [0.1, 0.15) is 0 Å². The molecule has 1 aromatic rings. The number of esters is 1. The van der Waals surface area contributed by atoms with E-state index in [4.69, 9.17) is 0 Å². The van der Waals surface area contributed by atoms with Crippen molar-refractivity contribution < 1.29 is 9.53 Å². The van der Waals surface area contributed by atoms with Gasteiger partial charge in [0.05, 0.1) is 7.11 Å². The van der Waals surface area contributed by atoms with Crippen LogP contribution in [0, 0.1) is 6.92 Å². The van der Waals surface area contributed by atoms with E-state index < -0.39 is 0 Å². The van der Waals surface area contributed by atoms with Gasteiger partial charge in [-0.15, -0.1) is 0 Å². The van der Waals surface area contributed by atoms with Crippen LogP contribution < -0.4 is 0 Å². The Hall–Kier alpha value is -1.57. The van der Waals surface area contributed by atoms with Gasteiger partial charge < -0.3 is 4.74 Å². The summed E-state index contributed by atoms with van der Waals surface area (Å²) in [6, 6.07) is 7.85. The number of carbonyl (C=O) groups is 1. The lowest BCUT2D eigenvalue weighted by Gasteiger charge is -1.97. The Kier molecular flexibility index (Phi) is 13.1. The number of aryl methyl sites for hydroxylation is 1. The Bertz CT molecular complexity index is 327. The lowest BCUT2D eigenvalue weighted by atomic mass is 10.1. The number of benzene rings is 1. The van der Waals surface area contributed by atoms with Crippen LogP contribution in [-0.4, -0.2) is 13.1 Å². The highest BCUT2D eigenvalue weighted by atomic mass is 16.5. The van der Waals surface area contributed by atoms with Gasteiger partial charge in [-0.2, -0.15) is 0 Å². The molecule has 1 rings (SSSR count). The van der Waals surface area contributed by atoms with E-state index in [1.54, 1.807) is 6.08 Å². The minimum atomic E-state index is -0.330. The molecule has 1 aromatic carbocycles. The molecule has 2 nitrogen and oxygen atoms in total. The highest BCUT2D eigenvalue weighted by Crippen LogP contribution is 2.08. The monoisotopic (exact) mass is 236 g/mol. The molecule has 0 saturated carbocycles. The second-order valence-electron chi connectivity index (χ2n) is 2.71. The molecule has 96 valence electrons. The zero-order valence-corrected chi connectivity index (χ0v) is 11.8. The zero-order chi connectivity index (χ0) is 13.7. The Morgan fingerprint density at radius 2 is 1.65 bits per heavy atom. The topological polar surface area (TPSA) is 26.3 Å². The van der Waals surface area contributed by atoms with E-state index in [1.165, 1.54) is 13.2 Å². The lowest BCUT2D eigenvalue weighted by molar-refractivity contribution is -0.134. The summed E-state index contributed by atoms with van der Waals surface area (Å²) in [5.41, 5.74) is 2.18. The first-order valence-electron chi connectivity index (χ1n) is 6.05. The van der Waals surface area contributed by atoms with Crippen molar-refractivity contribution in [2.24, 2.45) is 0 Å². The summed E-state index contributed by atoms with van der Waals surface area (Å²) in [6.07, 6.45) is 3.17. The SMILES string of the molecule is CC.CC.COC(=O)/C=C/c1ccccc1C. The van der Waals surface area contributed by atoms with Crippen molar-refractivity contribution in [3.05, 3.63) is 41.5 Å². The van der Waals surface area contributed by atoms with Crippen LogP contribution in [0.1, 0.15) is 38.8 Å². The quantitative estimate of drug-likeness (QED) is 0.567. The second-order valence-corrected chi connectivity index (χ2v) is 2.71. The Morgan fingerprint density at radius 3 is 2.12 bits per heavy atom. The van der Waals surface area contributed by atoms with Crippen molar-refractivity contribution in [3.63, 3.8) is 0 Å². The molecule has 2 heteroatoms. The molecule has 0 aliphatic heterocycles. The molecule has 0 heterocycles. The smallest absolute Gasteiger partial charge is 0.330 e. The van der Waals surface area contributed by atoms with E-state index in [-0.39, 0.29) is 5.97 Å². The Morgan fingerprint density at radius 1 is 1.12 bits per heavy atom. The zero-order valence-electron chi connectivity index (χ0n) is 11.8. The normalized spacial score (nSPS) is 8.59. The lowest BCUT2D eigenvalue weighted by Crippen LogP contribution is -1.93. The van der Waals surface area contributed by atoms with Crippen molar-refractivity contribution in [1.29, 1.82) is 0 Å². The van der Waals surface area contributed by atoms with E-state index in [0.717, 1.165) is 11.1 Å². The summed E-state index contributed by atoms with van der Waals surface area (Å²) in [5.74, 6) is -0.330. The Balaban J connectivity index is 0. The molecular formula is C15H24O2. The standard InChI is InChI=1S/C11H12O2.2C2H6/c1-9-5-3-4-6-10(9)7-8-11(12)13-2;2*1-2/h3-8H,1-2H3;2*1-2H3/b8-7+;;. The van der Waals surface area contributed by atoms with Gasteiger partial charge in [0, 0.05) is 6.08 Å². The number of ether oxygens (including phenoxy) is 1. The van der Waals surface area contributed by atoms with Gasteiger partial charge in [-0.25, -0.2) is 4.79 Å². The number of hydrogen-bond acceptors (Lipinski definition) is 2. The first-order chi connectivity index (χ1) is 8.24. The third kappa shape index (κ3) is 8.26. The summed E-state index contributed by atoms with van der Waals surface area (Å²) >= 11 is 0. The molecule has 0 saturated heterocycles. The van der Waals surface area contributed by atoms with Crippen LogP contribution >= 0.6 is 0 Å². The van der Waals surface area contributed by atoms with Crippen LogP contribution in [0.2, 0.25) is 0 Å². The van der Waals surface area contributed by atoms with Crippen molar-refractivity contribution >= 4 is 12.0 Å². The predicted molar refractivity (Wildman–Crippen MR) is 74.9 cm³/mol. The molecule has 0 aliphatic carbocycles. The van der Waals surface area contributed by atoms with Gasteiger partial charge in [0.2, 0.25) is 0 Å². The van der Waals surface area contributed by atoms with Crippen LogP contribution in [0.25, 0.3) is 6.08 Å². The van der Waals surface area contributed by atoms with Crippen molar-refractivity contribution in [3.8, 4) is 0 Å². The van der Waals surface area contributed by atoms with Gasteiger partial charge in [-0.1, -0.05) is 52.0 Å². The van der Waals surface area contributed by atoms with Gasteiger partial charge in [-0.05, 0) is 24.1 Å². The van der Waals surface area contributed by atoms with Gasteiger partial charge >= 0.3 is 5.97 Å². The molecular weight excluding hydrogens is 212 g/mol. The van der Waals surface area contributed by atoms with E-state index in [2.05, 4.69) is 4.74 Å². The van der Waals surface area contributed by atoms with Crippen LogP contribution in [0.5, 0.6) is 0 Å². The molecule has 0 N–H and O–H groups in total. The predicted octanol–water partition coefficient (Wildman–Crippen LogP) is 4.23. The largest absolute Gasteiger partial charge is 0.466 e. The fourth-order valence-electron chi connectivity index (χ4n) is 1.000. The highest BCUT2D eigenvalue weighted by molar-refractivity contribution is 5.87. The summed E-state index contributed by atoms with van der Waals surface area (Å²) < 4.78 is 4.49. The fourth-order valence-corrected chi connectivity index (χ4v) is 1.000. The summed E-state index contributed by atoms with van der Waals surface area (Å²) in [5, 5.41) is 0. The van der Waals surface area contributed by atoms with Crippen molar-refractivity contribution in [2.45, 2.75) is 34.6 Å². The van der Waals surface area contributed by atoms with Crippen LogP contribution in [0.15, 0.2) is 30.3 Å². The van der Waals surface area contributed by atoms with E-state index in [1.807, 2.05) is 58.9 Å². The van der Waals surface area contributed by atoms with Gasteiger partial charge in [0.25, 0.3) is 0 Å². The molecule has 0 unspecified atom stereocenters. The molecule has 0 aromatic heterocycles. The number of carbonyl (C=O) groups excluding carboxylic acids is 1. The average molecular weight is 236 g/mol. The maximum Gasteiger partial charge on any atom is 0.330 e. The molecule has 0 atom stereocenters. The number of rotatable bonds is 2. The minimum Gasteiger partial charge on any atom is -0.466 e. The molecule has 0 radical (unpaired) electrons. The van der Waals surface area contributed by atoms with E-state index in [0.29, 0.717) is 0 Å². The molecule has 0 fully saturated rings. The van der Waals surface area contributed by atoms with Crippen molar-refractivity contribution in [2.75, 3.05) is 7.11 Å². The maximum atomic E-state index is 10.8. The fraction of sp³-hybridized carbons (Fsp3) is 0.400. The average Bonchev–Trinajstić information content (AvgIpc) is 2.42. The summed E-state index contributed by atoms with van der Waals surface area (Å²) in [4.78, 5) is 10.8. The van der Waals surface area contributed by atoms with Gasteiger partial charge in [0.15, 0.2) is 0 Å². The summed E-state index contributed by atoms with van der Waals surface area (Å²) in [7, 11) is 1.37. The van der Waals surface area contributed by atoms with Crippen LogP contribution in [0.4, 0.5) is 0 Å². The highest BCUT2D eigenvalue weighted by Gasteiger charge is 1.93. The van der Waals surface area contributed by atoms with Crippen LogP contribution in [-0.2, 0) is 9.53 Å². The van der Waals surface area contributed by atoms with Crippen molar-refractivity contribution in [1.82, 2.24) is 0 Å². The van der Waals surface area contributed by atoms with Crippen LogP contribution in [0.3, 0.4) is 0 Å². The third-order valence-corrected chi connectivity index (χ3v) is 1.79. The Labute approximate surface area is 105 Å². The number of hydrogen-bond donors (Lipinski definition) is 0. The van der Waals surface area contributed by atoms with E-state index >= 15 is 0 Å². The minimum absolute atomic E-state index is 0.330. The molecule has 17 heavy (non-hydrogen) atoms. The number of methoxy groups -OCH3 is 1. The first kappa shape index (κ1) is 17.8. The second kappa shape index (κ2) is 12.5. The molecule has 0 bridgehead atoms. The first-order valence-corrected chi connectivity index (χ1v) is 6.05. The molecule has 0 amide bonds. The summed E-state index contributed by atoms with van der Waals surface area (Å²) in [6.45, 7) is 10.00. The van der Waals surface area contributed by atoms with E-state index in [9.17, 15) is 4.79 Å². The molecule has 0 aliphatic rings.